The minimum absolute atomic E-state index is 0.204. The van der Waals surface area contributed by atoms with Gasteiger partial charge in [0.2, 0.25) is 5.91 Å². The van der Waals surface area contributed by atoms with Crippen molar-refractivity contribution in [3.8, 4) is 0 Å². The summed E-state index contributed by atoms with van der Waals surface area (Å²) in [4.78, 5) is 18.2. The summed E-state index contributed by atoms with van der Waals surface area (Å²) in [5.74, 6) is 1.19. The fourth-order valence-corrected chi connectivity index (χ4v) is 4.07. The van der Waals surface area contributed by atoms with E-state index in [0.29, 0.717) is 6.42 Å². The van der Waals surface area contributed by atoms with E-state index < -0.39 is 0 Å². The van der Waals surface area contributed by atoms with E-state index in [9.17, 15) is 4.79 Å². The van der Waals surface area contributed by atoms with Gasteiger partial charge in [0.05, 0.1) is 11.0 Å². The lowest BCUT2D eigenvalue weighted by Gasteiger charge is -2.10. The molecule has 0 spiro atoms. The summed E-state index contributed by atoms with van der Waals surface area (Å²) >= 11 is 1.79. The van der Waals surface area contributed by atoms with E-state index in [-0.39, 0.29) is 5.91 Å². The van der Waals surface area contributed by atoms with Gasteiger partial charge in [0.15, 0.2) is 5.16 Å². The molecule has 0 aliphatic heterocycles. The lowest BCUT2D eigenvalue weighted by molar-refractivity contribution is -0.128. The molecule has 1 aromatic heterocycles. The van der Waals surface area contributed by atoms with Crippen molar-refractivity contribution < 1.29 is 4.79 Å². The third kappa shape index (κ3) is 5.36. The van der Waals surface area contributed by atoms with E-state index in [4.69, 9.17) is 4.98 Å². The molecule has 0 unspecified atom stereocenters. The zero-order chi connectivity index (χ0) is 19.1. The number of benzene rings is 2. The van der Waals surface area contributed by atoms with Crippen LogP contribution in [0.4, 0.5) is 0 Å². The number of aryl methyl sites for hydroxylation is 2. The second-order valence-corrected chi connectivity index (χ2v) is 7.93. The predicted molar refractivity (Wildman–Crippen MR) is 113 cm³/mol. The number of imidazole rings is 1. The number of fused-ring (bicyclic) bond motifs is 1. The Morgan fingerprint density at radius 1 is 1.04 bits per heavy atom. The molecule has 0 aliphatic rings. The van der Waals surface area contributed by atoms with Crippen LogP contribution in [0.3, 0.4) is 0 Å². The van der Waals surface area contributed by atoms with E-state index in [0.717, 1.165) is 42.2 Å². The molecule has 0 saturated carbocycles. The molecule has 3 aromatic rings. The Labute approximate surface area is 165 Å². The SMILES string of the molecule is CN(C)C(=O)CCCCSc1nc2ccccc2n1CCc1ccccc1. The molecule has 1 amide bonds. The summed E-state index contributed by atoms with van der Waals surface area (Å²) < 4.78 is 2.33. The molecule has 0 N–H and O–H groups in total. The summed E-state index contributed by atoms with van der Waals surface area (Å²) in [6.07, 6.45) is 3.56. The molecule has 142 valence electrons. The maximum Gasteiger partial charge on any atom is 0.222 e. The van der Waals surface area contributed by atoms with Gasteiger partial charge in [-0.1, -0.05) is 54.2 Å². The summed E-state index contributed by atoms with van der Waals surface area (Å²) in [5, 5.41) is 1.08. The Morgan fingerprint density at radius 3 is 2.56 bits per heavy atom. The fraction of sp³-hybridized carbons (Fsp3) is 0.364. The van der Waals surface area contributed by atoms with Gasteiger partial charge in [-0.05, 0) is 37.0 Å². The summed E-state index contributed by atoms with van der Waals surface area (Å²) in [5.41, 5.74) is 3.59. The van der Waals surface area contributed by atoms with Crippen LogP contribution >= 0.6 is 11.8 Å². The number of rotatable bonds is 9. The number of carbonyl (C=O) groups excluding carboxylic acids is 1. The highest BCUT2D eigenvalue weighted by atomic mass is 32.2. The molecule has 2 aromatic carbocycles. The maximum absolute atomic E-state index is 11.7. The molecule has 0 atom stereocenters. The fourth-order valence-electron chi connectivity index (χ4n) is 3.03. The largest absolute Gasteiger partial charge is 0.349 e. The molecule has 5 heteroatoms. The Bertz CT molecular complexity index is 874. The van der Waals surface area contributed by atoms with Gasteiger partial charge < -0.3 is 9.47 Å². The van der Waals surface area contributed by atoms with Gasteiger partial charge in [0, 0.05) is 32.8 Å². The second-order valence-electron chi connectivity index (χ2n) is 6.86. The highest BCUT2D eigenvalue weighted by Crippen LogP contribution is 2.25. The van der Waals surface area contributed by atoms with E-state index in [1.54, 1.807) is 16.7 Å². The van der Waals surface area contributed by atoms with Gasteiger partial charge in [-0.3, -0.25) is 4.79 Å². The van der Waals surface area contributed by atoms with Gasteiger partial charge in [0.25, 0.3) is 0 Å². The van der Waals surface area contributed by atoms with Gasteiger partial charge in [-0.2, -0.15) is 0 Å². The van der Waals surface area contributed by atoms with Gasteiger partial charge in [-0.15, -0.1) is 0 Å². The molecule has 4 nitrogen and oxygen atoms in total. The number of hydrogen-bond donors (Lipinski definition) is 0. The van der Waals surface area contributed by atoms with Crippen LogP contribution in [0, 0.1) is 0 Å². The number of thioether (sulfide) groups is 1. The molecular weight excluding hydrogens is 354 g/mol. The minimum Gasteiger partial charge on any atom is -0.349 e. The van der Waals surface area contributed by atoms with Gasteiger partial charge in [0.1, 0.15) is 0 Å². The van der Waals surface area contributed by atoms with Crippen LogP contribution in [0.5, 0.6) is 0 Å². The zero-order valence-electron chi connectivity index (χ0n) is 16.1. The molecule has 3 rings (SSSR count). The monoisotopic (exact) mass is 381 g/mol. The first-order valence-electron chi connectivity index (χ1n) is 9.47. The molecule has 0 radical (unpaired) electrons. The van der Waals surface area contributed by atoms with Crippen molar-refractivity contribution in [1.82, 2.24) is 14.5 Å². The third-order valence-electron chi connectivity index (χ3n) is 4.60. The first-order valence-corrected chi connectivity index (χ1v) is 10.5. The smallest absolute Gasteiger partial charge is 0.222 e. The summed E-state index contributed by atoms with van der Waals surface area (Å²) in [6.45, 7) is 0.923. The Morgan fingerprint density at radius 2 is 1.78 bits per heavy atom. The first kappa shape index (κ1) is 19.5. The van der Waals surface area contributed by atoms with E-state index >= 15 is 0 Å². The molecule has 0 saturated heterocycles. The Kier molecular flexibility index (Phi) is 6.93. The second kappa shape index (κ2) is 9.60. The van der Waals surface area contributed by atoms with Crippen molar-refractivity contribution in [2.75, 3.05) is 19.8 Å². The molecule has 1 heterocycles. The lowest BCUT2D eigenvalue weighted by Crippen LogP contribution is -2.21. The van der Waals surface area contributed by atoms with Crippen molar-refractivity contribution in [1.29, 1.82) is 0 Å². The average molecular weight is 382 g/mol. The Hall–Kier alpha value is -2.27. The minimum atomic E-state index is 0.204. The van der Waals surface area contributed by atoms with E-state index in [1.165, 1.54) is 11.1 Å². The predicted octanol–water partition coefficient (Wildman–Crippen LogP) is 4.63. The van der Waals surface area contributed by atoms with Crippen molar-refractivity contribution in [3.05, 3.63) is 60.2 Å². The van der Waals surface area contributed by atoms with E-state index in [1.807, 2.05) is 20.2 Å². The van der Waals surface area contributed by atoms with E-state index in [2.05, 4.69) is 53.1 Å². The van der Waals surface area contributed by atoms with Gasteiger partial charge >= 0.3 is 0 Å². The lowest BCUT2D eigenvalue weighted by atomic mass is 10.1. The number of hydrogen-bond acceptors (Lipinski definition) is 3. The first-order chi connectivity index (χ1) is 13.1. The van der Waals surface area contributed by atoms with Crippen LogP contribution in [-0.2, 0) is 17.8 Å². The van der Waals surface area contributed by atoms with Crippen molar-refractivity contribution in [2.24, 2.45) is 0 Å². The summed E-state index contributed by atoms with van der Waals surface area (Å²) in [7, 11) is 3.62. The van der Waals surface area contributed by atoms with Crippen LogP contribution in [0.25, 0.3) is 11.0 Å². The molecular formula is C22H27N3OS. The number of aromatic nitrogens is 2. The standard InChI is InChI=1S/C22H27N3OS/c1-24(2)21(26)14-8-9-17-27-22-23-19-12-6-7-13-20(19)25(22)16-15-18-10-4-3-5-11-18/h3-7,10-13H,8-9,14-17H2,1-2H3. The Balaban J connectivity index is 1.63. The van der Waals surface area contributed by atoms with Crippen LogP contribution in [0.15, 0.2) is 59.8 Å². The van der Waals surface area contributed by atoms with Gasteiger partial charge in [-0.25, -0.2) is 4.98 Å². The zero-order valence-corrected chi connectivity index (χ0v) is 16.9. The topological polar surface area (TPSA) is 38.1 Å². The molecule has 0 bridgehead atoms. The van der Waals surface area contributed by atoms with Crippen LogP contribution in [0.2, 0.25) is 0 Å². The molecule has 0 fully saturated rings. The van der Waals surface area contributed by atoms with Crippen molar-refractivity contribution >= 4 is 28.7 Å². The molecule has 27 heavy (non-hydrogen) atoms. The average Bonchev–Trinajstić information content (AvgIpc) is 3.04. The van der Waals surface area contributed by atoms with Crippen molar-refractivity contribution in [3.63, 3.8) is 0 Å². The number of amides is 1. The molecule has 0 aliphatic carbocycles. The highest BCUT2D eigenvalue weighted by Gasteiger charge is 2.11. The van der Waals surface area contributed by atoms with Crippen LogP contribution < -0.4 is 0 Å². The quantitative estimate of drug-likeness (QED) is 0.401. The maximum atomic E-state index is 11.7. The summed E-state index contributed by atoms with van der Waals surface area (Å²) in [6, 6.07) is 18.9. The number of nitrogens with zero attached hydrogens (tertiary/aromatic N) is 3. The normalized spacial score (nSPS) is 11.0. The van der Waals surface area contributed by atoms with Crippen LogP contribution in [0.1, 0.15) is 24.8 Å². The highest BCUT2D eigenvalue weighted by molar-refractivity contribution is 7.99. The van der Waals surface area contributed by atoms with Crippen molar-refractivity contribution in [2.45, 2.75) is 37.4 Å². The number of para-hydroxylation sites is 2. The number of unbranched alkanes of at least 4 members (excludes halogenated alkanes) is 1. The third-order valence-corrected chi connectivity index (χ3v) is 5.66. The number of carbonyl (C=O) groups is 1. The van der Waals surface area contributed by atoms with Crippen LogP contribution in [-0.4, -0.2) is 40.2 Å².